The summed E-state index contributed by atoms with van der Waals surface area (Å²) in [4.78, 5) is 11.9. The normalized spacial score (nSPS) is 18.1. The Bertz CT molecular complexity index is 236. The molecular formula is C13H26N2O2. The average molecular weight is 242 g/mol. The number of hydrogen-bond acceptors (Lipinski definition) is 3. The first-order valence-corrected chi connectivity index (χ1v) is 6.62. The van der Waals surface area contributed by atoms with Gasteiger partial charge in [-0.3, -0.25) is 4.79 Å². The van der Waals surface area contributed by atoms with Crippen LogP contribution in [0.3, 0.4) is 0 Å². The largest absolute Gasteiger partial charge is 0.381 e. The zero-order chi connectivity index (χ0) is 12.7. The van der Waals surface area contributed by atoms with Gasteiger partial charge in [-0.2, -0.15) is 0 Å². The molecule has 3 N–H and O–H groups in total. The zero-order valence-electron chi connectivity index (χ0n) is 11.1. The molecule has 0 radical (unpaired) electrons. The summed E-state index contributed by atoms with van der Waals surface area (Å²) < 4.78 is 5.31. The van der Waals surface area contributed by atoms with E-state index in [1.54, 1.807) is 0 Å². The van der Waals surface area contributed by atoms with Crippen LogP contribution in [0.25, 0.3) is 0 Å². The lowest BCUT2D eigenvalue weighted by Gasteiger charge is -2.25. The van der Waals surface area contributed by atoms with Crippen LogP contribution in [-0.2, 0) is 9.53 Å². The Morgan fingerprint density at radius 3 is 2.65 bits per heavy atom. The van der Waals surface area contributed by atoms with Crippen molar-refractivity contribution >= 4 is 5.91 Å². The van der Waals surface area contributed by atoms with Crippen molar-refractivity contribution < 1.29 is 9.53 Å². The van der Waals surface area contributed by atoms with Gasteiger partial charge in [0.05, 0.1) is 0 Å². The molecular weight excluding hydrogens is 216 g/mol. The van der Waals surface area contributed by atoms with Crippen molar-refractivity contribution in [3.63, 3.8) is 0 Å². The second-order valence-electron chi connectivity index (χ2n) is 5.52. The molecule has 1 heterocycles. The van der Waals surface area contributed by atoms with Crippen LogP contribution in [0.1, 0.15) is 39.5 Å². The first-order valence-electron chi connectivity index (χ1n) is 6.62. The molecule has 1 saturated heterocycles. The van der Waals surface area contributed by atoms with Crippen LogP contribution in [0.15, 0.2) is 0 Å². The maximum absolute atomic E-state index is 11.9. The highest BCUT2D eigenvalue weighted by atomic mass is 16.5. The number of carbonyl (C=O) groups excluding carboxylic acids is 1. The minimum atomic E-state index is -0.343. The van der Waals surface area contributed by atoms with Gasteiger partial charge in [0, 0.05) is 25.2 Å². The number of amides is 1. The van der Waals surface area contributed by atoms with Crippen LogP contribution >= 0.6 is 0 Å². The van der Waals surface area contributed by atoms with Gasteiger partial charge in [-0.1, -0.05) is 13.8 Å². The number of carbonyl (C=O) groups is 1. The summed E-state index contributed by atoms with van der Waals surface area (Å²) >= 11 is 0. The van der Waals surface area contributed by atoms with E-state index in [1.807, 2.05) is 13.8 Å². The van der Waals surface area contributed by atoms with Crippen molar-refractivity contribution in [3.05, 3.63) is 0 Å². The molecule has 0 saturated carbocycles. The summed E-state index contributed by atoms with van der Waals surface area (Å²) in [5.41, 5.74) is 5.16. The van der Waals surface area contributed by atoms with Gasteiger partial charge in [0.15, 0.2) is 0 Å². The smallest absolute Gasteiger partial charge is 0.225 e. The van der Waals surface area contributed by atoms with E-state index in [0.29, 0.717) is 12.5 Å². The van der Waals surface area contributed by atoms with Crippen LogP contribution < -0.4 is 11.1 Å². The van der Waals surface area contributed by atoms with Gasteiger partial charge in [-0.15, -0.1) is 0 Å². The second-order valence-corrected chi connectivity index (χ2v) is 5.52. The molecule has 4 heteroatoms. The van der Waals surface area contributed by atoms with Crippen LogP contribution in [0.2, 0.25) is 0 Å². The molecule has 100 valence electrons. The van der Waals surface area contributed by atoms with Gasteiger partial charge >= 0.3 is 0 Å². The van der Waals surface area contributed by atoms with Crippen LogP contribution in [0, 0.1) is 11.3 Å². The van der Waals surface area contributed by atoms with Crippen molar-refractivity contribution in [1.82, 2.24) is 5.32 Å². The molecule has 4 nitrogen and oxygen atoms in total. The molecule has 0 atom stereocenters. The molecule has 0 aromatic heterocycles. The Hall–Kier alpha value is -0.610. The van der Waals surface area contributed by atoms with E-state index in [9.17, 15) is 4.79 Å². The predicted molar refractivity (Wildman–Crippen MR) is 68.6 cm³/mol. The van der Waals surface area contributed by atoms with E-state index in [-0.39, 0.29) is 11.3 Å². The monoisotopic (exact) mass is 242 g/mol. The first-order chi connectivity index (χ1) is 8.06. The minimum Gasteiger partial charge on any atom is -0.381 e. The lowest BCUT2D eigenvalue weighted by atomic mass is 9.88. The summed E-state index contributed by atoms with van der Waals surface area (Å²) in [6.45, 7) is 6.97. The maximum Gasteiger partial charge on any atom is 0.225 e. The van der Waals surface area contributed by atoms with Crippen molar-refractivity contribution in [2.75, 3.05) is 26.3 Å². The Morgan fingerprint density at radius 1 is 1.41 bits per heavy atom. The van der Waals surface area contributed by atoms with Gasteiger partial charge in [0.2, 0.25) is 5.91 Å². The summed E-state index contributed by atoms with van der Waals surface area (Å²) in [7, 11) is 0. The lowest BCUT2D eigenvalue weighted by Crippen LogP contribution is -2.39. The highest BCUT2D eigenvalue weighted by Gasteiger charge is 2.26. The Morgan fingerprint density at radius 2 is 2.06 bits per heavy atom. The standard InChI is InChI=1S/C13H26N2O2/c1-13(2,6-7-14)12(16)15-8-3-11-4-9-17-10-5-11/h11H,3-10,14H2,1-2H3,(H,15,16). The van der Waals surface area contributed by atoms with Gasteiger partial charge in [-0.25, -0.2) is 0 Å². The molecule has 0 aromatic carbocycles. The highest BCUT2D eigenvalue weighted by molar-refractivity contribution is 5.81. The van der Waals surface area contributed by atoms with E-state index < -0.39 is 0 Å². The average Bonchev–Trinajstić information content (AvgIpc) is 2.30. The Balaban J connectivity index is 2.18. The molecule has 0 bridgehead atoms. The molecule has 1 aliphatic heterocycles. The molecule has 1 aliphatic rings. The van der Waals surface area contributed by atoms with E-state index in [1.165, 1.54) is 0 Å². The SMILES string of the molecule is CC(C)(CCN)C(=O)NCCC1CCOCC1. The van der Waals surface area contributed by atoms with Gasteiger partial charge < -0.3 is 15.8 Å². The van der Waals surface area contributed by atoms with Gasteiger partial charge in [-0.05, 0) is 38.1 Å². The lowest BCUT2D eigenvalue weighted by molar-refractivity contribution is -0.129. The quantitative estimate of drug-likeness (QED) is 0.738. The van der Waals surface area contributed by atoms with Crippen LogP contribution in [0.4, 0.5) is 0 Å². The van der Waals surface area contributed by atoms with Crippen molar-refractivity contribution in [2.45, 2.75) is 39.5 Å². The number of nitrogens with one attached hydrogen (secondary N) is 1. The highest BCUT2D eigenvalue weighted by Crippen LogP contribution is 2.20. The van der Waals surface area contributed by atoms with Crippen molar-refractivity contribution in [2.24, 2.45) is 17.1 Å². The fourth-order valence-electron chi connectivity index (χ4n) is 2.14. The third-order valence-electron chi connectivity index (χ3n) is 3.56. The summed E-state index contributed by atoms with van der Waals surface area (Å²) in [6.07, 6.45) is 4.05. The molecule has 0 spiro atoms. The molecule has 0 aromatic rings. The second kappa shape index (κ2) is 6.97. The maximum atomic E-state index is 11.9. The fraction of sp³-hybridized carbons (Fsp3) is 0.923. The third-order valence-corrected chi connectivity index (χ3v) is 3.56. The Kier molecular flexibility index (Phi) is 5.92. The number of hydrogen-bond donors (Lipinski definition) is 2. The van der Waals surface area contributed by atoms with E-state index in [0.717, 1.165) is 45.4 Å². The van der Waals surface area contributed by atoms with E-state index in [4.69, 9.17) is 10.5 Å². The van der Waals surface area contributed by atoms with Crippen molar-refractivity contribution in [3.8, 4) is 0 Å². The number of nitrogens with two attached hydrogens (primary N) is 1. The van der Waals surface area contributed by atoms with Crippen LogP contribution in [0.5, 0.6) is 0 Å². The van der Waals surface area contributed by atoms with Gasteiger partial charge in [0.25, 0.3) is 0 Å². The summed E-state index contributed by atoms with van der Waals surface area (Å²) in [5.74, 6) is 0.830. The molecule has 1 amide bonds. The zero-order valence-corrected chi connectivity index (χ0v) is 11.1. The molecule has 1 fully saturated rings. The number of rotatable bonds is 6. The molecule has 0 unspecified atom stereocenters. The van der Waals surface area contributed by atoms with E-state index >= 15 is 0 Å². The minimum absolute atomic E-state index is 0.120. The van der Waals surface area contributed by atoms with Crippen molar-refractivity contribution in [1.29, 1.82) is 0 Å². The first kappa shape index (κ1) is 14.5. The Labute approximate surface area is 104 Å². The molecule has 1 rings (SSSR count). The topological polar surface area (TPSA) is 64.4 Å². The number of ether oxygens (including phenoxy) is 1. The fourth-order valence-corrected chi connectivity index (χ4v) is 2.14. The van der Waals surface area contributed by atoms with Crippen LogP contribution in [-0.4, -0.2) is 32.2 Å². The van der Waals surface area contributed by atoms with Gasteiger partial charge in [0.1, 0.15) is 0 Å². The molecule has 0 aliphatic carbocycles. The molecule has 17 heavy (non-hydrogen) atoms. The third kappa shape index (κ3) is 5.04. The van der Waals surface area contributed by atoms with E-state index in [2.05, 4.69) is 5.32 Å². The summed E-state index contributed by atoms with van der Waals surface area (Å²) in [6, 6.07) is 0. The predicted octanol–water partition coefficient (Wildman–Crippen LogP) is 1.29. The summed E-state index contributed by atoms with van der Waals surface area (Å²) in [5, 5.41) is 3.02.